The highest BCUT2D eigenvalue weighted by Crippen LogP contribution is 2.35. The third kappa shape index (κ3) is 4.39. The van der Waals surface area contributed by atoms with Crippen molar-refractivity contribution >= 4 is 48.6 Å². The lowest BCUT2D eigenvalue weighted by Gasteiger charge is -2.07. The number of rotatable bonds is 5. The molecule has 10 heteroatoms. The van der Waals surface area contributed by atoms with E-state index in [1.165, 1.54) is 16.1 Å². The standard InChI is InChI=1S/C25H19BrClFN4O2S/c1-15-3-6-20(7-4-15)35(33,34)32-14-23(21-10-18(26)11-29-25(21)32)22-13-31(30-16(22)2)12-17-9-19(27)5-8-24(17)28/h3-11,13-14H,12H2,1-2H3. The summed E-state index contributed by atoms with van der Waals surface area (Å²) in [6, 6.07) is 12.9. The van der Waals surface area contributed by atoms with Crippen LogP contribution in [-0.4, -0.2) is 27.2 Å². The Kier molecular flexibility index (Phi) is 6.03. The fourth-order valence-electron chi connectivity index (χ4n) is 3.98. The molecule has 6 nitrogen and oxygen atoms in total. The van der Waals surface area contributed by atoms with Crippen molar-refractivity contribution in [2.45, 2.75) is 25.3 Å². The molecule has 0 aliphatic heterocycles. The third-order valence-electron chi connectivity index (χ3n) is 5.73. The minimum atomic E-state index is -3.90. The maximum Gasteiger partial charge on any atom is 0.269 e. The monoisotopic (exact) mass is 572 g/mol. The number of pyridine rings is 1. The molecule has 3 aromatic heterocycles. The Balaban J connectivity index is 1.65. The van der Waals surface area contributed by atoms with Crippen molar-refractivity contribution in [3.63, 3.8) is 0 Å². The average Bonchev–Trinajstić information content (AvgIpc) is 3.36. The summed E-state index contributed by atoms with van der Waals surface area (Å²) in [6.07, 6.45) is 4.90. The molecule has 0 radical (unpaired) electrons. The topological polar surface area (TPSA) is 69.8 Å². The van der Waals surface area contributed by atoms with E-state index in [-0.39, 0.29) is 17.3 Å². The van der Waals surface area contributed by atoms with Crippen LogP contribution in [0.2, 0.25) is 5.02 Å². The minimum absolute atomic E-state index is 0.167. The van der Waals surface area contributed by atoms with E-state index < -0.39 is 10.0 Å². The molecule has 0 N–H and O–H groups in total. The molecule has 0 saturated carbocycles. The van der Waals surface area contributed by atoms with Gasteiger partial charge in [-0.05, 0) is 66.2 Å². The molecule has 0 saturated heterocycles. The van der Waals surface area contributed by atoms with Crippen molar-refractivity contribution in [2.24, 2.45) is 0 Å². The fraction of sp³-hybridized carbons (Fsp3) is 0.120. The summed E-state index contributed by atoms with van der Waals surface area (Å²) in [5.41, 5.74) is 3.70. The van der Waals surface area contributed by atoms with Gasteiger partial charge in [0.2, 0.25) is 0 Å². The van der Waals surface area contributed by atoms with Gasteiger partial charge in [-0.3, -0.25) is 4.68 Å². The number of aromatic nitrogens is 4. The van der Waals surface area contributed by atoms with E-state index in [0.29, 0.717) is 37.3 Å². The van der Waals surface area contributed by atoms with Crippen LogP contribution in [0.4, 0.5) is 4.39 Å². The van der Waals surface area contributed by atoms with Crippen molar-refractivity contribution in [1.29, 1.82) is 0 Å². The van der Waals surface area contributed by atoms with E-state index in [0.717, 1.165) is 11.1 Å². The van der Waals surface area contributed by atoms with Gasteiger partial charge in [-0.1, -0.05) is 29.3 Å². The molecule has 178 valence electrons. The molecule has 0 aliphatic rings. The molecule has 0 amide bonds. The van der Waals surface area contributed by atoms with Crippen molar-refractivity contribution in [3.05, 3.63) is 99.3 Å². The zero-order chi connectivity index (χ0) is 24.9. The molecule has 35 heavy (non-hydrogen) atoms. The van der Waals surface area contributed by atoms with Gasteiger partial charge in [-0.15, -0.1) is 0 Å². The van der Waals surface area contributed by atoms with Gasteiger partial charge in [0, 0.05) is 50.2 Å². The summed E-state index contributed by atoms with van der Waals surface area (Å²) < 4.78 is 44.8. The van der Waals surface area contributed by atoms with Crippen LogP contribution < -0.4 is 0 Å². The van der Waals surface area contributed by atoms with E-state index in [4.69, 9.17) is 11.6 Å². The first-order valence-electron chi connectivity index (χ1n) is 10.6. The predicted octanol–water partition coefficient (Wildman–Crippen LogP) is 6.36. The Morgan fingerprint density at radius 2 is 1.77 bits per heavy atom. The zero-order valence-electron chi connectivity index (χ0n) is 18.7. The number of halogens is 3. The Morgan fingerprint density at radius 3 is 2.51 bits per heavy atom. The van der Waals surface area contributed by atoms with Crippen LogP contribution in [0, 0.1) is 19.7 Å². The van der Waals surface area contributed by atoms with Gasteiger partial charge in [0.25, 0.3) is 10.0 Å². The summed E-state index contributed by atoms with van der Waals surface area (Å²) in [6.45, 7) is 3.90. The minimum Gasteiger partial charge on any atom is -0.267 e. The first kappa shape index (κ1) is 23.7. The largest absolute Gasteiger partial charge is 0.269 e. The molecule has 0 atom stereocenters. The Bertz CT molecular complexity index is 1700. The van der Waals surface area contributed by atoms with E-state index in [1.54, 1.807) is 53.6 Å². The van der Waals surface area contributed by atoms with Gasteiger partial charge >= 0.3 is 0 Å². The Morgan fingerprint density at radius 1 is 1.03 bits per heavy atom. The van der Waals surface area contributed by atoms with Crippen LogP contribution in [0.1, 0.15) is 16.8 Å². The number of aryl methyl sites for hydroxylation is 2. The van der Waals surface area contributed by atoms with E-state index >= 15 is 0 Å². The molecule has 5 aromatic rings. The van der Waals surface area contributed by atoms with Gasteiger partial charge < -0.3 is 0 Å². The van der Waals surface area contributed by atoms with Gasteiger partial charge in [0.05, 0.1) is 17.1 Å². The second kappa shape index (κ2) is 8.89. The van der Waals surface area contributed by atoms with Crippen LogP contribution in [-0.2, 0) is 16.6 Å². The molecule has 3 heterocycles. The number of nitrogens with zero attached hydrogens (tertiary/aromatic N) is 4. The second-order valence-electron chi connectivity index (χ2n) is 8.24. The van der Waals surface area contributed by atoms with E-state index in [9.17, 15) is 12.8 Å². The predicted molar refractivity (Wildman–Crippen MR) is 138 cm³/mol. The molecule has 0 bridgehead atoms. The van der Waals surface area contributed by atoms with E-state index in [1.807, 2.05) is 19.9 Å². The van der Waals surface area contributed by atoms with Crippen LogP contribution in [0.25, 0.3) is 22.2 Å². The number of hydrogen-bond acceptors (Lipinski definition) is 4. The molecule has 0 unspecified atom stereocenters. The van der Waals surface area contributed by atoms with Gasteiger partial charge in [-0.25, -0.2) is 21.8 Å². The van der Waals surface area contributed by atoms with E-state index in [2.05, 4.69) is 26.0 Å². The number of fused-ring (bicyclic) bond motifs is 1. The van der Waals surface area contributed by atoms with Crippen molar-refractivity contribution in [2.75, 3.05) is 0 Å². The third-order valence-corrected chi connectivity index (χ3v) is 8.07. The maximum atomic E-state index is 14.3. The Labute approximate surface area is 215 Å². The summed E-state index contributed by atoms with van der Waals surface area (Å²) in [5.74, 6) is -0.377. The molecule has 0 spiro atoms. The van der Waals surface area contributed by atoms with Crippen molar-refractivity contribution < 1.29 is 12.8 Å². The zero-order valence-corrected chi connectivity index (χ0v) is 21.9. The first-order valence-corrected chi connectivity index (χ1v) is 13.2. The van der Waals surface area contributed by atoms with Gasteiger partial charge in [-0.2, -0.15) is 5.10 Å². The fourth-order valence-corrected chi connectivity index (χ4v) is 5.83. The smallest absolute Gasteiger partial charge is 0.267 e. The summed E-state index contributed by atoms with van der Waals surface area (Å²) in [4.78, 5) is 4.57. The SMILES string of the molecule is Cc1ccc(S(=O)(=O)n2cc(-c3cn(Cc4cc(Cl)ccc4F)nc3C)c3cc(Br)cnc32)cc1. The van der Waals surface area contributed by atoms with Crippen molar-refractivity contribution in [1.82, 2.24) is 18.7 Å². The summed E-state index contributed by atoms with van der Waals surface area (Å²) in [5, 5.41) is 5.62. The van der Waals surface area contributed by atoms with Crippen LogP contribution in [0.3, 0.4) is 0 Å². The van der Waals surface area contributed by atoms with Gasteiger partial charge in [0.15, 0.2) is 5.65 Å². The maximum absolute atomic E-state index is 14.3. The quantitative estimate of drug-likeness (QED) is 0.245. The van der Waals surface area contributed by atoms with Crippen LogP contribution in [0.15, 0.2) is 76.5 Å². The molecule has 5 rings (SSSR count). The highest BCUT2D eigenvalue weighted by Gasteiger charge is 2.24. The molecule has 0 fully saturated rings. The lowest BCUT2D eigenvalue weighted by atomic mass is 10.1. The molecular weight excluding hydrogens is 555 g/mol. The molecule has 2 aromatic carbocycles. The summed E-state index contributed by atoms with van der Waals surface area (Å²) in [7, 11) is -3.90. The van der Waals surface area contributed by atoms with Gasteiger partial charge in [0.1, 0.15) is 5.82 Å². The van der Waals surface area contributed by atoms with Crippen LogP contribution in [0.5, 0.6) is 0 Å². The van der Waals surface area contributed by atoms with Crippen LogP contribution >= 0.6 is 27.5 Å². The molecular formula is C25H19BrClFN4O2S. The van der Waals surface area contributed by atoms with Crippen molar-refractivity contribution in [3.8, 4) is 11.1 Å². The average molecular weight is 574 g/mol. The highest BCUT2D eigenvalue weighted by atomic mass is 79.9. The lowest BCUT2D eigenvalue weighted by Crippen LogP contribution is -2.12. The Hall–Kier alpha value is -3.01. The number of benzene rings is 2. The lowest BCUT2D eigenvalue weighted by molar-refractivity contribution is 0.584. The highest BCUT2D eigenvalue weighted by molar-refractivity contribution is 9.10. The first-order chi connectivity index (χ1) is 16.6. The normalized spacial score (nSPS) is 11.9. The number of hydrogen-bond donors (Lipinski definition) is 0. The second-order valence-corrected chi connectivity index (χ2v) is 11.4. The summed E-state index contributed by atoms with van der Waals surface area (Å²) >= 11 is 9.47. The molecule has 0 aliphatic carbocycles.